The molecule has 0 spiro atoms. The Kier molecular flexibility index (Phi) is 7.67. The van der Waals surface area contributed by atoms with Gasteiger partial charge in [0.25, 0.3) is 5.69 Å². The Hall–Kier alpha value is -2.88. The van der Waals surface area contributed by atoms with Crippen LogP contribution in [0.2, 0.25) is 0 Å². The number of non-ortho nitro benzene ring substituents is 1. The van der Waals surface area contributed by atoms with Crippen molar-refractivity contribution in [2.75, 3.05) is 40.3 Å². The number of nitrogens with zero attached hydrogens (tertiary/aromatic N) is 5. The van der Waals surface area contributed by atoms with Gasteiger partial charge in [-0.15, -0.1) is 0 Å². The normalized spacial score (nSPS) is 19.4. The number of carboxylic acid groups (broad SMARTS) is 1. The molecule has 2 bridgehead atoms. The van der Waals surface area contributed by atoms with E-state index in [9.17, 15) is 20.0 Å². The van der Waals surface area contributed by atoms with Crippen molar-refractivity contribution in [1.29, 1.82) is 0 Å². The summed E-state index contributed by atoms with van der Waals surface area (Å²) < 4.78 is 0. The van der Waals surface area contributed by atoms with Crippen LogP contribution in [0, 0.1) is 10.1 Å². The second-order valence-electron chi connectivity index (χ2n) is 8.20. The highest BCUT2D eigenvalue weighted by molar-refractivity contribution is 5.69. The highest BCUT2D eigenvalue weighted by Crippen LogP contribution is 2.18. The second kappa shape index (κ2) is 10.4. The van der Waals surface area contributed by atoms with E-state index in [1.54, 1.807) is 12.1 Å². The van der Waals surface area contributed by atoms with Crippen LogP contribution >= 0.6 is 0 Å². The summed E-state index contributed by atoms with van der Waals surface area (Å²) in [4.78, 5) is 33.3. The van der Waals surface area contributed by atoms with Crippen LogP contribution in [0.3, 0.4) is 0 Å². The fourth-order valence-electron chi connectivity index (χ4n) is 3.88. The zero-order chi connectivity index (χ0) is 22.4. The van der Waals surface area contributed by atoms with E-state index in [0.717, 1.165) is 36.6 Å². The summed E-state index contributed by atoms with van der Waals surface area (Å²) >= 11 is 0. The Labute approximate surface area is 182 Å². The molecular weight excluding hydrogens is 398 g/mol. The molecule has 1 aromatic carbocycles. The third kappa shape index (κ3) is 6.81. The molecule has 1 atom stereocenters. The average molecular weight is 428 g/mol. The first-order valence-corrected chi connectivity index (χ1v) is 10.3. The van der Waals surface area contributed by atoms with Gasteiger partial charge in [0.05, 0.1) is 22.9 Å². The monoisotopic (exact) mass is 427 g/mol. The highest BCUT2D eigenvalue weighted by atomic mass is 16.6. The number of pyridine rings is 1. The van der Waals surface area contributed by atoms with Crippen LogP contribution in [-0.2, 0) is 24.3 Å². The van der Waals surface area contributed by atoms with Gasteiger partial charge in [-0.05, 0) is 38.2 Å². The van der Waals surface area contributed by atoms with Crippen LogP contribution in [0.5, 0.6) is 0 Å². The predicted octanol–water partition coefficient (Wildman–Crippen LogP) is 1.86. The molecule has 0 unspecified atom stereocenters. The molecule has 9 nitrogen and oxygen atoms in total. The minimum absolute atomic E-state index is 0.0472. The Morgan fingerprint density at radius 3 is 2.39 bits per heavy atom. The first-order valence-electron chi connectivity index (χ1n) is 10.3. The van der Waals surface area contributed by atoms with Crippen LogP contribution in [0.25, 0.3) is 0 Å². The number of nitro benzene ring substituents is 1. The number of hydrogen-bond donors (Lipinski definition) is 1. The zero-order valence-electron chi connectivity index (χ0n) is 18.0. The van der Waals surface area contributed by atoms with Crippen molar-refractivity contribution in [3.8, 4) is 0 Å². The molecule has 1 aromatic heterocycles. The summed E-state index contributed by atoms with van der Waals surface area (Å²) in [6, 6.07) is 12.3. The van der Waals surface area contributed by atoms with Crippen LogP contribution in [0.4, 0.5) is 5.69 Å². The van der Waals surface area contributed by atoms with Crippen LogP contribution in [0.1, 0.15) is 17.0 Å². The van der Waals surface area contributed by atoms with Gasteiger partial charge < -0.3 is 10.0 Å². The van der Waals surface area contributed by atoms with E-state index in [0.29, 0.717) is 19.5 Å². The van der Waals surface area contributed by atoms with Gasteiger partial charge in [0.1, 0.15) is 0 Å². The lowest BCUT2D eigenvalue weighted by atomic mass is 10.0. The quantitative estimate of drug-likeness (QED) is 0.570. The molecule has 1 aliphatic heterocycles. The summed E-state index contributed by atoms with van der Waals surface area (Å²) in [6.07, 6.45) is 0.588. The third-order valence-corrected chi connectivity index (χ3v) is 5.52. The number of likely N-dealkylation sites (N-methyl/N-ethyl adjacent to an activating group) is 2. The van der Waals surface area contributed by atoms with Crippen LogP contribution < -0.4 is 0 Å². The molecule has 0 fully saturated rings. The van der Waals surface area contributed by atoms with Gasteiger partial charge in [-0.2, -0.15) is 0 Å². The summed E-state index contributed by atoms with van der Waals surface area (Å²) in [6.45, 7) is 3.46. The minimum atomic E-state index is -0.890. The largest absolute Gasteiger partial charge is 0.480 e. The van der Waals surface area contributed by atoms with E-state index >= 15 is 0 Å². The lowest BCUT2D eigenvalue weighted by Gasteiger charge is -2.34. The molecule has 0 aliphatic carbocycles. The fraction of sp³-hybridized carbons (Fsp3) is 0.455. The Balaban J connectivity index is 1.90. The minimum Gasteiger partial charge on any atom is -0.480 e. The van der Waals surface area contributed by atoms with Gasteiger partial charge in [0.2, 0.25) is 0 Å². The molecule has 1 aliphatic rings. The smallest absolute Gasteiger partial charge is 0.317 e. The van der Waals surface area contributed by atoms with Crippen molar-refractivity contribution in [2.45, 2.75) is 25.6 Å². The van der Waals surface area contributed by atoms with Gasteiger partial charge >= 0.3 is 5.97 Å². The van der Waals surface area contributed by atoms with Crippen molar-refractivity contribution < 1.29 is 14.8 Å². The maximum atomic E-state index is 11.7. The molecule has 0 saturated carbocycles. The molecule has 0 saturated heterocycles. The molecule has 9 heteroatoms. The second-order valence-corrected chi connectivity index (χ2v) is 8.20. The summed E-state index contributed by atoms with van der Waals surface area (Å²) in [5.41, 5.74) is 2.78. The topological polar surface area (TPSA) is 103 Å². The van der Waals surface area contributed by atoms with Crippen LogP contribution in [-0.4, -0.2) is 82.0 Å². The number of nitro groups is 1. The van der Waals surface area contributed by atoms with E-state index in [4.69, 9.17) is 4.98 Å². The van der Waals surface area contributed by atoms with Crippen molar-refractivity contribution in [3.63, 3.8) is 0 Å². The first kappa shape index (κ1) is 22.8. The predicted molar refractivity (Wildman–Crippen MR) is 117 cm³/mol. The SMILES string of the molecule is CN1CCN(C)C[C@@H](Cc2ccc([N+](=O)[O-])cc2)N(CC(=O)O)Cc2cccc(n2)C1. The highest BCUT2D eigenvalue weighted by Gasteiger charge is 2.24. The van der Waals surface area contributed by atoms with Gasteiger partial charge in [-0.1, -0.05) is 18.2 Å². The number of aliphatic carboxylic acids is 1. The Morgan fingerprint density at radius 1 is 1.10 bits per heavy atom. The Bertz CT molecular complexity index is 905. The molecule has 31 heavy (non-hydrogen) atoms. The van der Waals surface area contributed by atoms with Gasteiger partial charge in [-0.25, -0.2) is 0 Å². The maximum absolute atomic E-state index is 11.7. The number of rotatable bonds is 5. The van der Waals surface area contributed by atoms with Crippen molar-refractivity contribution in [2.24, 2.45) is 0 Å². The van der Waals surface area contributed by atoms with E-state index in [-0.39, 0.29) is 18.3 Å². The number of hydrogen-bond acceptors (Lipinski definition) is 7. The summed E-state index contributed by atoms with van der Waals surface area (Å²) in [5.74, 6) is -0.890. The van der Waals surface area contributed by atoms with Gasteiger partial charge in [0, 0.05) is 50.9 Å². The van der Waals surface area contributed by atoms with Crippen molar-refractivity contribution in [3.05, 3.63) is 69.5 Å². The molecule has 1 N–H and O–H groups in total. The van der Waals surface area contributed by atoms with E-state index in [1.807, 2.05) is 30.1 Å². The Morgan fingerprint density at radius 2 is 1.74 bits per heavy atom. The lowest BCUT2D eigenvalue weighted by molar-refractivity contribution is -0.384. The van der Waals surface area contributed by atoms with E-state index in [2.05, 4.69) is 16.8 Å². The lowest BCUT2D eigenvalue weighted by Crippen LogP contribution is -2.47. The first-order chi connectivity index (χ1) is 14.8. The number of aromatic nitrogens is 1. The standard InChI is InChI=1S/C22H29N5O4/c1-24-10-11-25(2)15-21(12-17-6-8-20(9-7-17)27(30)31)26(16-22(28)29)14-19-5-3-4-18(13-24)23-19/h3-9,21H,10-16H2,1-2H3,(H,28,29)/t21-/m1/s1. The van der Waals surface area contributed by atoms with Crippen LogP contribution in [0.15, 0.2) is 42.5 Å². The molecule has 0 amide bonds. The molecule has 3 rings (SSSR count). The van der Waals surface area contributed by atoms with Crippen molar-refractivity contribution in [1.82, 2.24) is 19.7 Å². The maximum Gasteiger partial charge on any atom is 0.317 e. The molecule has 2 aromatic rings. The number of benzene rings is 1. The van der Waals surface area contributed by atoms with Gasteiger partial charge in [0.15, 0.2) is 0 Å². The van der Waals surface area contributed by atoms with E-state index in [1.165, 1.54) is 12.1 Å². The molecule has 166 valence electrons. The zero-order valence-corrected chi connectivity index (χ0v) is 18.0. The third-order valence-electron chi connectivity index (χ3n) is 5.52. The molecule has 2 heterocycles. The van der Waals surface area contributed by atoms with Crippen molar-refractivity contribution >= 4 is 11.7 Å². The molecular formula is C22H29N5O4. The molecule has 0 radical (unpaired) electrons. The average Bonchev–Trinajstić information content (AvgIpc) is 2.71. The summed E-state index contributed by atoms with van der Waals surface area (Å²) in [7, 11) is 4.11. The van der Waals surface area contributed by atoms with E-state index < -0.39 is 10.9 Å². The fourth-order valence-corrected chi connectivity index (χ4v) is 3.88. The summed E-state index contributed by atoms with van der Waals surface area (Å²) in [5, 5.41) is 20.5. The number of carbonyl (C=O) groups is 1. The van der Waals surface area contributed by atoms with Gasteiger partial charge in [-0.3, -0.25) is 29.7 Å². The number of fused-ring (bicyclic) bond motifs is 2. The number of carboxylic acids is 1.